The fraction of sp³-hybridized carbons (Fsp3) is 0.571. The van der Waals surface area contributed by atoms with Crippen LogP contribution >= 0.6 is 0 Å². The SMILES string of the molecule is CCCC(O)(CC)Cc1ccc(OC)c(F)c1. The second kappa shape index (κ2) is 6.01. The Bertz CT molecular complexity index is 365. The maximum atomic E-state index is 13.5. The fourth-order valence-electron chi connectivity index (χ4n) is 2.06. The second-order valence-electron chi connectivity index (χ2n) is 4.47. The molecule has 0 aliphatic heterocycles. The molecule has 0 heterocycles. The molecule has 0 aliphatic rings. The van der Waals surface area contributed by atoms with Crippen molar-refractivity contribution in [3.8, 4) is 5.75 Å². The maximum Gasteiger partial charge on any atom is 0.165 e. The van der Waals surface area contributed by atoms with Crippen molar-refractivity contribution in [2.45, 2.75) is 45.1 Å². The Labute approximate surface area is 102 Å². The van der Waals surface area contributed by atoms with Gasteiger partial charge in [0, 0.05) is 6.42 Å². The Balaban J connectivity index is 2.83. The monoisotopic (exact) mass is 240 g/mol. The van der Waals surface area contributed by atoms with Gasteiger partial charge in [-0.15, -0.1) is 0 Å². The summed E-state index contributed by atoms with van der Waals surface area (Å²) in [6.07, 6.45) is 2.81. The van der Waals surface area contributed by atoms with Crippen molar-refractivity contribution in [1.82, 2.24) is 0 Å². The first-order chi connectivity index (χ1) is 8.04. The summed E-state index contributed by atoms with van der Waals surface area (Å²) in [7, 11) is 1.44. The van der Waals surface area contributed by atoms with E-state index >= 15 is 0 Å². The van der Waals surface area contributed by atoms with E-state index in [1.807, 2.05) is 13.8 Å². The number of rotatable bonds is 6. The van der Waals surface area contributed by atoms with Crippen molar-refractivity contribution < 1.29 is 14.2 Å². The van der Waals surface area contributed by atoms with Crippen LogP contribution in [-0.2, 0) is 6.42 Å². The van der Waals surface area contributed by atoms with Crippen molar-refractivity contribution in [2.24, 2.45) is 0 Å². The molecule has 0 aliphatic carbocycles. The van der Waals surface area contributed by atoms with Gasteiger partial charge in [-0.25, -0.2) is 4.39 Å². The standard InChI is InChI=1S/C14H21FO2/c1-4-8-14(16,5-2)10-11-6-7-13(17-3)12(15)9-11/h6-7,9,16H,4-5,8,10H2,1-3H3. The minimum Gasteiger partial charge on any atom is -0.494 e. The highest BCUT2D eigenvalue weighted by molar-refractivity contribution is 5.30. The summed E-state index contributed by atoms with van der Waals surface area (Å²) in [5.74, 6) is -0.135. The predicted octanol–water partition coefficient (Wildman–Crippen LogP) is 3.32. The number of hydrogen-bond acceptors (Lipinski definition) is 2. The van der Waals surface area contributed by atoms with Crippen molar-refractivity contribution in [1.29, 1.82) is 0 Å². The quantitative estimate of drug-likeness (QED) is 0.826. The van der Waals surface area contributed by atoms with E-state index in [0.717, 1.165) is 18.4 Å². The lowest BCUT2D eigenvalue weighted by Gasteiger charge is -2.26. The molecule has 1 aromatic rings. The van der Waals surface area contributed by atoms with E-state index in [2.05, 4.69) is 0 Å². The number of benzene rings is 1. The second-order valence-corrected chi connectivity index (χ2v) is 4.47. The molecule has 0 spiro atoms. The molecule has 0 amide bonds. The molecule has 1 unspecified atom stereocenters. The van der Waals surface area contributed by atoms with Gasteiger partial charge in [-0.2, -0.15) is 0 Å². The summed E-state index contributed by atoms with van der Waals surface area (Å²) in [4.78, 5) is 0. The summed E-state index contributed by atoms with van der Waals surface area (Å²) in [5, 5.41) is 10.3. The molecule has 0 fully saturated rings. The predicted molar refractivity (Wildman–Crippen MR) is 66.8 cm³/mol. The molecule has 0 aromatic heterocycles. The topological polar surface area (TPSA) is 29.5 Å². The molecular formula is C14H21FO2. The molecule has 2 nitrogen and oxygen atoms in total. The van der Waals surface area contributed by atoms with Gasteiger partial charge in [0.05, 0.1) is 12.7 Å². The lowest BCUT2D eigenvalue weighted by molar-refractivity contribution is 0.0270. The van der Waals surface area contributed by atoms with Gasteiger partial charge >= 0.3 is 0 Å². The van der Waals surface area contributed by atoms with Crippen molar-refractivity contribution in [3.05, 3.63) is 29.6 Å². The third-order valence-corrected chi connectivity index (χ3v) is 3.12. The molecule has 1 N–H and O–H groups in total. The molecule has 0 saturated heterocycles. The third kappa shape index (κ3) is 3.70. The van der Waals surface area contributed by atoms with E-state index in [1.165, 1.54) is 13.2 Å². The Hall–Kier alpha value is -1.09. The highest BCUT2D eigenvalue weighted by atomic mass is 19.1. The normalized spacial score (nSPS) is 14.4. The van der Waals surface area contributed by atoms with Crippen LogP contribution < -0.4 is 4.74 Å². The van der Waals surface area contributed by atoms with E-state index in [4.69, 9.17) is 4.74 Å². The molecule has 1 atom stereocenters. The minimum absolute atomic E-state index is 0.240. The van der Waals surface area contributed by atoms with Crippen LogP contribution in [0.25, 0.3) is 0 Å². The van der Waals surface area contributed by atoms with Gasteiger partial charge in [-0.3, -0.25) is 0 Å². The largest absolute Gasteiger partial charge is 0.494 e. The fourth-order valence-corrected chi connectivity index (χ4v) is 2.06. The van der Waals surface area contributed by atoms with Crippen LogP contribution in [0, 0.1) is 5.82 Å². The summed E-state index contributed by atoms with van der Waals surface area (Å²) in [6, 6.07) is 4.85. The van der Waals surface area contributed by atoms with Crippen LogP contribution in [0.1, 0.15) is 38.7 Å². The van der Waals surface area contributed by atoms with E-state index in [0.29, 0.717) is 12.8 Å². The highest BCUT2D eigenvalue weighted by Crippen LogP contribution is 2.25. The summed E-state index contributed by atoms with van der Waals surface area (Å²) in [6.45, 7) is 3.99. The molecule has 0 radical (unpaired) electrons. The number of aliphatic hydroxyl groups is 1. The van der Waals surface area contributed by atoms with Gasteiger partial charge in [0.1, 0.15) is 0 Å². The average molecular weight is 240 g/mol. The Morgan fingerprint density at radius 3 is 2.53 bits per heavy atom. The Morgan fingerprint density at radius 2 is 2.06 bits per heavy atom. The molecule has 17 heavy (non-hydrogen) atoms. The summed E-state index contributed by atoms with van der Waals surface area (Å²) in [5.41, 5.74) is 0.0802. The Morgan fingerprint density at radius 1 is 1.35 bits per heavy atom. The first-order valence-corrected chi connectivity index (χ1v) is 6.09. The van der Waals surface area contributed by atoms with Gasteiger partial charge in [0.15, 0.2) is 11.6 Å². The summed E-state index contributed by atoms with van der Waals surface area (Å²) >= 11 is 0. The molecular weight excluding hydrogens is 219 g/mol. The number of ether oxygens (including phenoxy) is 1. The van der Waals surface area contributed by atoms with Crippen LogP contribution in [0.5, 0.6) is 5.75 Å². The lowest BCUT2D eigenvalue weighted by Crippen LogP contribution is -2.30. The molecule has 1 rings (SSSR count). The van der Waals surface area contributed by atoms with Gasteiger partial charge in [0.2, 0.25) is 0 Å². The van der Waals surface area contributed by atoms with Gasteiger partial charge in [-0.05, 0) is 30.5 Å². The number of methoxy groups -OCH3 is 1. The van der Waals surface area contributed by atoms with Crippen molar-refractivity contribution >= 4 is 0 Å². The molecule has 0 saturated carbocycles. The maximum absolute atomic E-state index is 13.5. The first kappa shape index (κ1) is 14.0. The van der Waals surface area contributed by atoms with Crippen molar-refractivity contribution in [2.75, 3.05) is 7.11 Å². The zero-order chi connectivity index (χ0) is 12.9. The molecule has 0 bridgehead atoms. The van der Waals surface area contributed by atoms with E-state index in [9.17, 15) is 9.50 Å². The number of hydrogen-bond donors (Lipinski definition) is 1. The van der Waals surface area contributed by atoms with Crippen LogP contribution in [0.3, 0.4) is 0 Å². The third-order valence-electron chi connectivity index (χ3n) is 3.12. The smallest absolute Gasteiger partial charge is 0.165 e. The first-order valence-electron chi connectivity index (χ1n) is 6.09. The van der Waals surface area contributed by atoms with Gasteiger partial charge in [-0.1, -0.05) is 26.3 Å². The Kier molecular flexibility index (Phi) is 4.94. The van der Waals surface area contributed by atoms with Crippen molar-refractivity contribution in [3.63, 3.8) is 0 Å². The molecule has 1 aromatic carbocycles. The van der Waals surface area contributed by atoms with Gasteiger partial charge < -0.3 is 9.84 Å². The van der Waals surface area contributed by atoms with Crippen LogP contribution in [0.4, 0.5) is 4.39 Å². The minimum atomic E-state index is -0.726. The van der Waals surface area contributed by atoms with Crippen LogP contribution in [0.2, 0.25) is 0 Å². The van der Waals surface area contributed by atoms with E-state index in [-0.39, 0.29) is 11.6 Å². The van der Waals surface area contributed by atoms with Gasteiger partial charge in [0.25, 0.3) is 0 Å². The highest BCUT2D eigenvalue weighted by Gasteiger charge is 2.24. The lowest BCUT2D eigenvalue weighted by atomic mass is 9.88. The zero-order valence-corrected chi connectivity index (χ0v) is 10.8. The average Bonchev–Trinajstić information content (AvgIpc) is 2.29. The van der Waals surface area contributed by atoms with Crippen LogP contribution in [0.15, 0.2) is 18.2 Å². The summed E-state index contributed by atoms with van der Waals surface area (Å²) < 4.78 is 18.4. The number of halogens is 1. The van der Waals surface area contributed by atoms with E-state index in [1.54, 1.807) is 12.1 Å². The molecule has 3 heteroatoms. The zero-order valence-electron chi connectivity index (χ0n) is 10.8. The van der Waals surface area contributed by atoms with E-state index < -0.39 is 5.60 Å². The molecule has 96 valence electrons. The van der Waals surface area contributed by atoms with Crippen LogP contribution in [-0.4, -0.2) is 17.8 Å².